The standard InChI is InChI=1S/C9H11F2NO/c1-13-7-5-3-2-4-6(7)8(12)9(10)11/h2-5,8-9H,12H2,1H3. The van der Waals surface area contributed by atoms with E-state index in [-0.39, 0.29) is 0 Å². The van der Waals surface area contributed by atoms with E-state index in [1.54, 1.807) is 18.2 Å². The molecule has 0 fully saturated rings. The lowest BCUT2D eigenvalue weighted by atomic mass is 10.1. The zero-order chi connectivity index (χ0) is 9.84. The third-order valence-electron chi connectivity index (χ3n) is 1.77. The third kappa shape index (κ3) is 2.15. The molecule has 0 heterocycles. The number of rotatable bonds is 3. The Morgan fingerprint density at radius 1 is 1.31 bits per heavy atom. The highest BCUT2D eigenvalue weighted by atomic mass is 19.3. The molecule has 0 aliphatic carbocycles. The number of alkyl halides is 2. The molecule has 1 aromatic rings. The Bertz CT molecular complexity index is 278. The molecule has 1 atom stereocenters. The van der Waals surface area contributed by atoms with Crippen LogP contribution in [0.4, 0.5) is 8.78 Å². The first-order chi connectivity index (χ1) is 6.16. The van der Waals surface area contributed by atoms with Crippen LogP contribution in [0.2, 0.25) is 0 Å². The summed E-state index contributed by atoms with van der Waals surface area (Å²) in [6.45, 7) is 0. The van der Waals surface area contributed by atoms with Gasteiger partial charge in [-0.2, -0.15) is 0 Å². The van der Waals surface area contributed by atoms with Crippen molar-refractivity contribution in [2.75, 3.05) is 7.11 Å². The first kappa shape index (κ1) is 9.92. The molecule has 2 N–H and O–H groups in total. The van der Waals surface area contributed by atoms with E-state index in [1.165, 1.54) is 13.2 Å². The van der Waals surface area contributed by atoms with E-state index < -0.39 is 12.5 Å². The predicted octanol–water partition coefficient (Wildman–Crippen LogP) is 1.96. The van der Waals surface area contributed by atoms with E-state index in [4.69, 9.17) is 10.5 Å². The van der Waals surface area contributed by atoms with Gasteiger partial charge in [0.05, 0.1) is 13.2 Å². The highest BCUT2D eigenvalue weighted by Crippen LogP contribution is 2.26. The monoisotopic (exact) mass is 187 g/mol. The zero-order valence-corrected chi connectivity index (χ0v) is 7.21. The summed E-state index contributed by atoms with van der Waals surface area (Å²) in [5.41, 5.74) is 5.62. The van der Waals surface area contributed by atoms with Gasteiger partial charge in [-0.05, 0) is 6.07 Å². The van der Waals surface area contributed by atoms with Crippen LogP contribution in [0.5, 0.6) is 5.75 Å². The van der Waals surface area contributed by atoms with Gasteiger partial charge in [0, 0.05) is 5.56 Å². The maximum atomic E-state index is 12.2. The molecule has 0 aliphatic heterocycles. The maximum Gasteiger partial charge on any atom is 0.257 e. The Balaban J connectivity index is 2.98. The largest absolute Gasteiger partial charge is 0.496 e. The summed E-state index contributed by atoms with van der Waals surface area (Å²) in [6, 6.07) is 5.23. The fourth-order valence-corrected chi connectivity index (χ4v) is 1.08. The second kappa shape index (κ2) is 4.18. The van der Waals surface area contributed by atoms with Crippen LogP contribution in [0.3, 0.4) is 0 Å². The lowest BCUT2D eigenvalue weighted by Crippen LogP contribution is -2.19. The summed E-state index contributed by atoms with van der Waals surface area (Å²) in [6.07, 6.45) is -2.57. The van der Waals surface area contributed by atoms with Gasteiger partial charge in [-0.25, -0.2) is 8.78 Å². The third-order valence-corrected chi connectivity index (χ3v) is 1.77. The van der Waals surface area contributed by atoms with Crippen molar-refractivity contribution in [1.29, 1.82) is 0 Å². The zero-order valence-electron chi connectivity index (χ0n) is 7.21. The molecule has 0 bridgehead atoms. The van der Waals surface area contributed by atoms with E-state index >= 15 is 0 Å². The van der Waals surface area contributed by atoms with Gasteiger partial charge in [-0.1, -0.05) is 18.2 Å². The minimum Gasteiger partial charge on any atom is -0.496 e. The molecule has 1 unspecified atom stereocenters. The molecule has 0 spiro atoms. The molecule has 4 heteroatoms. The second-order valence-electron chi connectivity index (χ2n) is 2.60. The van der Waals surface area contributed by atoms with E-state index in [0.29, 0.717) is 11.3 Å². The van der Waals surface area contributed by atoms with Crippen molar-refractivity contribution in [3.05, 3.63) is 29.8 Å². The van der Waals surface area contributed by atoms with Crippen LogP contribution >= 0.6 is 0 Å². The fraction of sp³-hybridized carbons (Fsp3) is 0.333. The van der Waals surface area contributed by atoms with Crippen molar-refractivity contribution in [3.8, 4) is 5.75 Å². The summed E-state index contributed by atoms with van der Waals surface area (Å²) < 4.78 is 29.4. The SMILES string of the molecule is COc1ccccc1C(N)C(F)F. The summed E-state index contributed by atoms with van der Waals surface area (Å²) in [4.78, 5) is 0. The second-order valence-corrected chi connectivity index (χ2v) is 2.60. The van der Waals surface area contributed by atoms with Gasteiger partial charge < -0.3 is 10.5 Å². The molecule has 0 radical (unpaired) electrons. The van der Waals surface area contributed by atoms with Crippen molar-refractivity contribution in [2.24, 2.45) is 5.73 Å². The summed E-state index contributed by atoms with van der Waals surface area (Å²) in [5, 5.41) is 0. The van der Waals surface area contributed by atoms with Crippen LogP contribution in [-0.2, 0) is 0 Å². The van der Waals surface area contributed by atoms with Gasteiger partial charge in [-0.15, -0.1) is 0 Å². The smallest absolute Gasteiger partial charge is 0.257 e. The highest BCUT2D eigenvalue weighted by Gasteiger charge is 2.20. The van der Waals surface area contributed by atoms with Crippen LogP contribution < -0.4 is 10.5 Å². The topological polar surface area (TPSA) is 35.2 Å². The maximum absolute atomic E-state index is 12.2. The van der Waals surface area contributed by atoms with Crippen LogP contribution in [0.25, 0.3) is 0 Å². The Hall–Kier alpha value is -1.16. The molecular formula is C9H11F2NO. The number of hydrogen-bond donors (Lipinski definition) is 1. The first-order valence-corrected chi connectivity index (χ1v) is 3.83. The van der Waals surface area contributed by atoms with Gasteiger partial charge in [0.2, 0.25) is 0 Å². The Labute approximate surface area is 75.3 Å². The lowest BCUT2D eigenvalue weighted by Gasteiger charge is -2.14. The summed E-state index contributed by atoms with van der Waals surface area (Å²) in [5.74, 6) is 0.398. The molecule has 72 valence electrons. The number of ether oxygens (including phenoxy) is 1. The average molecular weight is 187 g/mol. The highest BCUT2D eigenvalue weighted by molar-refractivity contribution is 5.35. The quantitative estimate of drug-likeness (QED) is 0.785. The van der Waals surface area contributed by atoms with E-state index in [9.17, 15) is 8.78 Å². The van der Waals surface area contributed by atoms with E-state index in [2.05, 4.69) is 0 Å². The lowest BCUT2D eigenvalue weighted by molar-refractivity contribution is 0.115. The minimum absolute atomic E-state index is 0.333. The van der Waals surface area contributed by atoms with Crippen molar-refractivity contribution in [1.82, 2.24) is 0 Å². The van der Waals surface area contributed by atoms with Gasteiger partial charge >= 0.3 is 0 Å². The number of benzene rings is 1. The van der Waals surface area contributed by atoms with Crippen molar-refractivity contribution >= 4 is 0 Å². The van der Waals surface area contributed by atoms with Crippen molar-refractivity contribution < 1.29 is 13.5 Å². The molecule has 0 saturated carbocycles. The van der Waals surface area contributed by atoms with Gasteiger partial charge in [0.15, 0.2) is 0 Å². The Kier molecular flexibility index (Phi) is 3.19. The first-order valence-electron chi connectivity index (χ1n) is 3.83. The summed E-state index contributed by atoms with van der Waals surface area (Å²) in [7, 11) is 1.43. The number of hydrogen-bond acceptors (Lipinski definition) is 2. The van der Waals surface area contributed by atoms with Crippen LogP contribution in [-0.4, -0.2) is 13.5 Å². The molecular weight excluding hydrogens is 176 g/mol. The normalized spacial score (nSPS) is 13.0. The molecule has 0 saturated heterocycles. The number of methoxy groups -OCH3 is 1. The Morgan fingerprint density at radius 2 is 1.92 bits per heavy atom. The number of nitrogens with two attached hydrogens (primary N) is 1. The average Bonchev–Trinajstić information content (AvgIpc) is 2.16. The van der Waals surface area contributed by atoms with Crippen LogP contribution in [0.1, 0.15) is 11.6 Å². The fourth-order valence-electron chi connectivity index (χ4n) is 1.08. The molecule has 13 heavy (non-hydrogen) atoms. The van der Waals surface area contributed by atoms with Crippen molar-refractivity contribution in [2.45, 2.75) is 12.5 Å². The predicted molar refractivity (Wildman–Crippen MR) is 45.9 cm³/mol. The molecule has 0 amide bonds. The number of para-hydroxylation sites is 1. The molecule has 2 nitrogen and oxygen atoms in total. The van der Waals surface area contributed by atoms with Crippen molar-refractivity contribution in [3.63, 3.8) is 0 Å². The van der Waals surface area contributed by atoms with Crippen LogP contribution in [0, 0.1) is 0 Å². The van der Waals surface area contributed by atoms with Gasteiger partial charge in [0.1, 0.15) is 5.75 Å². The van der Waals surface area contributed by atoms with E-state index in [1.807, 2.05) is 0 Å². The summed E-state index contributed by atoms with van der Waals surface area (Å²) >= 11 is 0. The van der Waals surface area contributed by atoms with E-state index in [0.717, 1.165) is 0 Å². The number of halogens is 2. The van der Waals surface area contributed by atoms with Gasteiger partial charge in [-0.3, -0.25) is 0 Å². The molecule has 0 aliphatic rings. The molecule has 1 aromatic carbocycles. The minimum atomic E-state index is -2.57. The van der Waals surface area contributed by atoms with Gasteiger partial charge in [0.25, 0.3) is 6.43 Å². The van der Waals surface area contributed by atoms with Crippen LogP contribution in [0.15, 0.2) is 24.3 Å². The Morgan fingerprint density at radius 3 is 2.46 bits per heavy atom. The molecule has 0 aromatic heterocycles. The molecule has 1 rings (SSSR count).